The first kappa shape index (κ1) is 11.5. The monoisotopic (exact) mass is 201 g/mol. The lowest BCUT2D eigenvalue weighted by Gasteiger charge is -2.23. The van der Waals surface area contributed by atoms with E-state index in [0.717, 1.165) is 13.0 Å². The van der Waals surface area contributed by atoms with E-state index < -0.39 is 0 Å². The molecule has 4 heteroatoms. The molecular weight excluding hydrogens is 182 g/mol. The largest absolute Gasteiger partial charge is 0.379 e. The first-order chi connectivity index (χ1) is 6.52. The molecule has 1 amide bonds. The SMILES string of the molecule is CC(C)OCC(=O)NC1(C)CCOC1. The third kappa shape index (κ3) is 3.64. The van der Waals surface area contributed by atoms with Crippen LogP contribution < -0.4 is 5.32 Å². The van der Waals surface area contributed by atoms with Crippen molar-refractivity contribution in [3.05, 3.63) is 0 Å². The Balaban J connectivity index is 2.25. The summed E-state index contributed by atoms with van der Waals surface area (Å²) in [4.78, 5) is 11.4. The predicted octanol–water partition coefficient (Wildman–Crippen LogP) is 0.707. The van der Waals surface area contributed by atoms with Crippen molar-refractivity contribution < 1.29 is 14.3 Å². The number of rotatable bonds is 4. The molecule has 1 heterocycles. The predicted molar refractivity (Wildman–Crippen MR) is 53.1 cm³/mol. The van der Waals surface area contributed by atoms with Gasteiger partial charge in [-0.25, -0.2) is 0 Å². The molecular formula is C10H19NO3. The first-order valence-corrected chi connectivity index (χ1v) is 5.02. The van der Waals surface area contributed by atoms with Crippen LogP contribution in [0.25, 0.3) is 0 Å². The Morgan fingerprint density at radius 2 is 2.36 bits per heavy atom. The van der Waals surface area contributed by atoms with E-state index in [0.29, 0.717) is 6.61 Å². The molecule has 1 aliphatic heterocycles. The molecule has 1 fully saturated rings. The van der Waals surface area contributed by atoms with Gasteiger partial charge in [0.1, 0.15) is 6.61 Å². The summed E-state index contributed by atoms with van der Waals surface area (Å²) in [5, 5.41) is 2.92. The number of ether oxygens (including phenoxy) is 2. The summed E-state index contributed by atoms with van der Waals surface area (Å²) < 4.78 is 10.4. The van der Waals surface area contributed by atoms with Crippen LogP contribution in [0.5, 0.6) is 0 Å². The lowest BCUT2D eigenvalue weighted by Crippen LogP contribution is -2.48. The lowest BCUT2D eigenvalue weighted by atomic mass is 10.0. The molecule has 1 N–H and O–H groups in total. The zero-order chi connectivity index (χ0) is 10.6. The van der Waals surface area contributed by atoms with E-state index in [4.69, 9.17) is 9.47 Å². The summed E-state index contributed by atoms with van der Waals surface area (Å²) >= 11 is 0. The lowest BCUT2D eigenvalue weighted by molar-refractivity contribution is -0.128. The fourth-order valence-electron chi connectivity index (χ4n) is 1.38. The van der Waals surface area contributed by atoms with Gasteiger partial charge in [-0.05, 0) is 27.2 Å². The average molecular weight is 201 g/mol. The summed E-state index contributed by atoms with van der Waals surface area (Å²) in [6, 6.07) is 0. The van der Waals surface area contributed by atoms with Crippen LogP contribution in [0.2, 0.25) is 0 Å². The van der Waals surface area contributed by atoms with Gasteiger partial charge < -0.3 is 14.8 Å². The zero-order valence-electron chi connectivity index (χ0n) is 9.13. The van der Waals surface area contributed by atoms with Crippen molar-refractivity contribution in [3.63, 3.8) is 0 Å². The maximum Gasteiger partial charge on any atom is 0.246 e. The molecule has 0 aromatic heterocycles. The molecule has 82 valence electrons. The van der Waals surface area contributed by atoms with Gasteiger partial charge in [0.2, 0.25) is 5.91 Å². The van der Waals surface area contributed by atoms with Gasteiger partial charge in [-0.2, -0.15) is 0 Å². The van der Waals surface area contributed by atoms with E-state index in [9.17, 15) is 4.79 Å². The minimum Gasteiger partial charge on any atom is -0.379 e. The van der Waals surface area contributed by atoms with E-state index in [1.54, 1.807) is 0 Å². The molecule has 0 radical (unpaired) electrons. The van der Waals surface area contributed by atoms with E-state index in [1.807, 2.05) is 20.8 Å². The Morgan fingerprint density at radius 1 is 1.64 bits per heavy atom. The third-order valence-corrected chi connectivity index (χ3v) is 2.21. The van der Waals surface area contributed by atoms with Crippen molar-refractivity contribution >= 4 is 5.91 Å². The highest BCUT2D eigenvalue weighted by molar-refractivity contribution is 5.78. The minimum atomic E-state index is -0.197. The van der Waals surface area contributed by atoms with Crippen LogP contribution in [0.4, 0.5) is 0 Å². The van der Waals surface area contributed by atoms with Crippen LogP contribution in [0.3, 0.4) is 0 Å². The summed E-state index contributed by atoms with van der Waals surface area (Å²) in [6.07, 6.45) is 0.967. The average Bonchev–Trinajstić information content (AvgIpc) is 2.48. The molecule has 0 aromatic carbocycles. The van der Waals surface area contributed by atoms with Crippen molar-refractivity contribution in [2.45, 2.75) is 38.8 Å². The summed E-state index contributed by atoms with van der Waals surface area (Å²) in [5.41, 5.74) is -0.197. The maximum atomic E-state index is 11.4. The quantitative estimate of drug-likeness (QED) is 0.728. The van der Waals surface area contributed by atoms with E-state index in [2.05, 4.69) is 5.32 Å². The summed E-state index contributed by atoms with van der Waals surface area (Å²) in [6.45, 7) is 7.27. The number of amides is 1. The van der Waals surface area contributed by atoms with E-state index in [1.165, 1.54) is 0 Å². The summed E-state index contributed by atoms with van der Waals surface area (Å²) in [5.74, 6) is -0.0632. The Hall–Kier alpha value is -0.610. The Bertz CT molecular complexity index is 198. The normalized spacial score (nSPS) is 26.9. The third-order valence-electron chi connectivity index (χ3n) is 2.21. The standard InChI is InChI=1S/C10H19NO3/c1-8(2)14-6-9(12)11-10(3)4-5-13-7-10/h8H,4-7H2,1-3H3,(H,11,12). The molecule has 0 spiro atoms. The van der Waals surface area contributed by atoms with Gasteiger partial charge in [-0.15, -0.1) is 0 Å². The number of carbonyl (C=O) groups excluding carboxylic acids is 1. The number of hydrogen-bond donors (Lipinski definition) is 1. The van der Waals surface area contributed by atoms with Crippen LogP contribution in [0, 0.1) is 0 Å². The van der Waals surface area contributed by atoms with Gasteiger partial charge in [0.25, 0.3) is 0 Å². The molecule has 0 saturated carbocycles. The number of nitrogens with one attached hydrogen (secondary N) is 1. The van der Waals surface area contributed by atoms with Gasteiger partial charge >= 0.3 is 0 Å². The summed E-state index contributed by atoms with van der Waals surface area (Å²) in [7, 11) is 0. The van der Waals surface area contributed by atoms with Gasteiger partial charge in [-0.3, -0.25) is 4.79 Å². The van der Waals surface area contributed by atoms with Crippen molar-refractivity contribution in [2.24, 2.45) is 0 Å². The molecule has 1 atom stereocenters. The second kappa shape index (κ2) is 4.75. The highest BCUT2D eigenvalue weighted by atomic mass is 16.5. The number of hydrogen-bond acceptors (Lipinski definition) is 3. The van der Waals surface area contributed by atoms with Crippen LogP contribution in [0.15, 0.2) is 0 Å². The van der Waals surface area contributed by atoms with Crippen molar-refractivity contribution in [3.8, 4) is 0 Å². The highest BCUT2D eigenvalue weighted by Crippen LogP contribution is 2.16. The zero-order valence-corrected chi connectivity index (χ0v) is 9.13. The van der Waals surface area contributed by atoms with E-state index >= 15 is 0 Å². The molecule has 0 bridgehead atoms. The van der Waals surface area contributed by atoms with Crippen molar-refractivity contribution in [1.82, 2.24) is 5.32 Å². The van der Waals surface area contributed by atoms with Crippen molar-refractivity contribution in [2.75, 3.05) is 19.8 Å². The highest BCUT2D eigenvalue weighted by Gasteiger charge is 2.31. The Labute approximate surface area is 85.0 Å². The van der Waals surface area contributed by atoms with Crippen LogP contribution >= 0.6 is 0 Å². The molecule has 1 unspecified atom stereocenters. The first-order valence-electron chi connectivity index (χ1n) is 5.02. The number of carbonyl (C=O) groups is 1. The molecule has 4 nitrogen and oxygen atoms in total. The second-order valence-corrected chi connectivity index (χ2v) is 4.27. The van der Waals surface area contributed by atoms with E-state index in [-0.39, 0.29) is 24.2 Å². The molecule has 0 aliphatic carbocycles. The van der Waals surface area contributed by atoms with Crippen LogP contribution in [0.1, 0.15) is 27.2 Å². The molecule has 1 aliphatic rings. The Kier molecular flexibility index (Phi) is 3.89. The minimum absolute atomic E-state index is 0.0632. The molecule has 1 saturated heterocycles. The molecule has 14 heavy (non-hydrogen) atoms. The van der Waals surface area contributed by atoms with Crippen molar-refractivity contribution in [1.29, 1.82) is 0 Å². The molecule has 0 aromatic rings. The van der Waals surface area contributed by atoms with Crippen LogP contribution in [-0.4, -0.2) is 37.4 Å². The van der Waals surface area contributed by atoms with Gasteiger partial charge in [0.15, 0.2) is 0 Å². The Morgan fingerprint density at radius 3 is 2.86 bits per heavy atom. The van der Waals surface area contributed by atoms with Gasteiger partial charge in [0.05, 0.1) is 18.2 Å². The smallest absolute Gasteiger partial charge is 0.246 e. The van der Waals surface area contributed by atoms with Crippen LogP contribution in [-0.2, 0) is 14.3 Å². The molecule has 1 rings (SSSR count). The van der Waals surface area contributed by atoms with Gasteiger partial charge in [-0.1, -0.05) is 0 Å². The van der Waals surface area contributed by atoms with Gasteiger partial charge in [0, 0.05) is 6.61 Å². The fourth-order valence-corrected chi connectivity index (χ4v) is 1.38. The fraction of sp³-hybridized carbons (Fsp3) is 0.900. The second-order valence-electron chi connectivity index (χ2n) is 4.27. The topological polar surface area (TPSA) is 47.6 Å². The maximum absolute atomic E-state index is 11.4.